The van der Waals surface area contributed by atoms with Crippen LogP contribution in [0.1, 0.15) is 0 Å². The van der Waals surface area contributed by atoms with E-state index in [0.29, 0.717) is 5.75 Å². The number of aromatic nitrogens is 2. The van der Waals surface area contributed by atoms with Gasteiger partial charge in [-0.05, 0) is 34.5 Å². The van der Waals surface area contributed by atoms with E-state index in [-0.39, 0.29) is 12.5 Å². The Hall–Kier alpha value is -3.34. The standard InChI is InChI=1S/C21H19N3O2/c1-24(2)20(25)12-26-19-10-8-14-5-3-4-6-16(14)21(19)15-7-9-17-18(11-15)23-13-22-17/h3-11,13H,12H2,1-2H3,(H,22,23). The van der Waals surface area contributed by atoms with Crippen LogP contribution in [0.5, 0.6) is 5.75 Å². The van der Waals surface area contributed by atoms with E-state index < -0.39 is 0 Å². The zero-order valence-corrected chi connectivity index (χ0v) is 14.7. The molecule has 0 aliphatic heterocycles. The highest BCUT2D eigenvalue weighted by Gasteiger charge is 2.14. The van der Waals surface area contributed by atoms with Gasteiger partial charge < -0.3 is 14.6 Å². The Morgan fingerprint density at radius 3 is 2.81 bits per heavy atom. The van der Waals surface area contributed by atoms with Gasteiger partial charge in [-0.3, -0.25) is 4.79 Å². The molecule has 26 heavy (non-hydrogen) atoms. The van der Waals surface area contributed by atoms with Gasteiger partial charge in [0.15, 0.2) is 6.61 Å². The van der Waals surface area contributed by atoms with Crippen molar-refractivity contribution < 1.29 is 9.53 Å². The topological polar surface area (TPSA) is 58.2 Å². The van der Waals surface area contributed by atoms with E-state index in [1.807, 2.05) is 36.4 Å². The highest BCUT2D eigenvalue weighted by Crippen LogP contribution is 2.38. The maximum absolute atomic E-state index is 12.0. The predicted octanol–water partition coefficient (Wildman–Crippen LogP) is 3.85. The number of amides is 1. The lowest BCUT2D eigenvalue weighted by Crippen LogP contribution is -2.27. The molecule has 5 heteroatoms. The van der Waals surface area contributed by atoms with Crippen molar-refractivity contribution in [3.63, 3.8) is 0 Å². The molecule has 0 aliphatic rings. The molecular weight excluding hydrogens is 326 g/mol. The summed E-state index contributed by atoms with van der Waals surface area (Å²) in [7, 11) is 3.44. The Kier molecular flexibility index (Phi) is 4.05. The molecule has 0 saturated heterocycles. The summed E-state index contributed by atoms with van der Waals surface area (Å²) in [6, 6.07) is 18.2. The van der Waals surface area contributed by atoms with Gasteiger partial charge in [0.05, 0.1) is 17.4 Å². The number of ether oxygens (including phenoxy) is 1. The third-order valence-electron chi connectivity index (χ3n) is 4.45. The third kappa shape index (κ3) is 2.88. The predicted molar refractivity (Wildman–Crippen MR) is 103 cm³/mol. The van der Waals surface area contributed by atoms with Crippen LogP contribution in [0.2, 0.25) is 0 Å². The Bertz CT molecular complexity index is 1100. The molecule has 1 amide bonds. The van der Waals surface area contributed by atoms with Gasteiger partial charge in [0.25, 0.3) is 5.91 Å². The van der Waals surface area contributed by atoms with Crippen LogP contribution in [-0.2, 0) is 4.79 Å². The summed E-state index contributed by atoms with van der Waals surface area (Å²) in [5, 5.41) is 2.21. The fourth-order valence-corrected chi connectivity index (χ4v) is 3.03. The first-order valence-electron chi connectivity index (χ1n) is 8.42. The lowest BCUT2D eigenvalue weighted by atomic mass is 9.97. The molecule has 1 heterocycles. The largest absolute Gasteiger partial charge is 0.483 e. The summed E-state index contributed by atoms with van der Waals surface area (Å²) in [6.07, 6.45) is 1.69. The van der Waals surface area contributed by atoms with Crippen LogP contribution in [0.25, 0.3) is 32.9 Å². The van der Waals surface area contributed by atoms with Crippen molar-refractivity contribution in [2.45, 2.75) is 0 Å². The Labute approximate surface area is 151 Å². The average Bonchev–Trinajstić information content (AvgIpc) is 3.13. The number of benzene rings is 3. The first-order chi connectivity index (χ1) is 12.6. The van der Waals surface area contributed by atoms with Gasteiger partial charge >= 0.3 is 0 Å². The molecule has 0 fully saturated rings. The van der Waals surface area contributed by atoms with Crippen LogP contribution in [0.4, 0.5) is 0 Å². The van der Waals surface area contributed by atoms with Gasteiger partial charge in [0.1, 0.15) is 5.75 Å². The van der Waals surface area contributed by atoms with E-state index in [1.165, 1.54) is 4.90 Å². The van der Waals surface area contributed by atoms with Crippen LogP contribution in [-0.4, -0.2) is 41.5 Å². The van der Waals surface area contributed by atoms with E-state index in [9.17, 15) is 4.79 Å². The average molecular weight is 345 g/mol. The molecule has 0 radical (unpaired) electrons. The zero-order chi connectivity index (χ0) is 18.1. The highest BCUT2D eigenvalue weighted by atomic mass is 16.5. The zero-order valence-electron chi connectivity index (χ0n) is 14.7. The minimum atomic E-state index is -0.0758. The highest BCUT2D eigenvalue weighted by molar-refractivity contribution is 6.01. The molecule has 0 spiro atoms. The lowest BCUT2D eigenvalue weighted by Gasteiger charge is -2.16. The van der Waals surface area contributed by atoms with E-state index in [4.69, 9.17) is 4.74 Å². The fraction of sp³-hybridized carbons (Fsp3) is 0.143. The molecule has 0 unspecified atom stereocenters. The molecule has 4 rings (SSSR count). The van der Waals surface area contributed by atoms with Crippen LogP contribution in [0, 0.1) is 0 Å². The molecule has 0 atom stereocenters. The molecular formula is C21H19N3O2. The van der Waals surface area contributed by atoms with Gasteiger partial charge in [-0.15, -0.1) is 0 Å². The van der Waals surface area contributed by atoms with Gasteiger partial charge in [-0.1, -0.05) is 36.4 Å². The normalized spacial score (nSPS) is 11.0. The summed E-state index contributed by atoms with van der Waals surface area (Å²) >= 11 is 0. The molecule has 1 aromatic heterocycles. The summed E-state index contributed by atoms with van der Waals surface area (Å²) < 4.78 is 5.90. The second kappa shape index (κ2) is 6.52. The van der Waals surface area contributed by atoms with E-state index >= 15 is 0 Å². The molecule has 3 aromatic carbocycles. The molecule has 4 aromatic rings. The van der Waals surface area contributed by atoms with Crippen LogP contribution in [0.3, 0.4) is 0 Å². The fourth-order valence-electron chi connectivity index (χ4n) is 3.03. The van der Waals surface area contributed by atoms with Crippen molar-refractivity contribution >= 4 is 27.7 Å². The Balaban J connectivity index is 1.86. The number of likely N-dealkylation sites (N-methyl/N-ethyl adjacent to an activating group) is 1. The number of aromatic amines is 1. The summed E-state index contributed by atoms with van der Waals surface area (Å²) in [5.41, 5.74) is 3.88. The van der Waals surface area contributed by atoms with Gasteiger partial charge in [-0.2, -0.15) is 0 Å². The van der Waals surface area contributed by atoms with Gasteiger partial charge in [0.2, 0.25) is 0 Å². The number of imidazole rings is 1. The van der Waals surface area contributed by atoms with Crippen LogP contribution in [0.15, 0.2) is 60.9 Å². The summed E-state index contributed by atoms with van der Waals surface area (Å²) in [6.45, 7) is 0.00461. The molecule has 130 valence electrons. The minimum Gasteiger partial charge on any atom is -0.483 e. The number of fused-ring (bicyclic) bond motifs is 2. The first kappa shape index (κ1) is 16.1. The van der Waals surface area contributed by atoms with Gasteiger partial charge in [-0.25, -0.2) is 4.98 Å². The van der Waals surface area contributed by atoms with E-state index in [2.05, 4.69) is 28.2 Å². The van der Waals surface area contributed by atoms with Crippen LogP contribution >= 0.6 is 0 Å². The number of hydrogen-bond acceptors (Lipinski definition) is 3. The number of carbonyl (C=O) groups excluding carboxylic acids is 1. The smallest absolute Gasteiger partial charge is 0.259 e. The Morgan fingerprint density at radius 1 is 1.12 bits per heavy atom. The number of H-pyrrole nitrogens is 1. The molecule has 0 aliphatic carbocycles. The van der Waals surface area contributed by atoms with Crippen molar-refractivity contribution in [2.24, 2.45) is 0 Å². The summed E-state index contributed by atoms with van der Waals surface area (Å²) in [4.78, 5) is 20.9. The minimum absolute atomic E-state index is 0.00461. The monoisotopic (exact) mass is 345 g/mol. The SMILES string of the molecule is CN(C)C(=O)COc1ccc2ccccc2c1-c1ccc2nc[nH]c2c1. The summed E-state index contributed by atoms with van der Waals surface area (Å²) in [5.74, 6) is 0.617. The van der Waals surface area contributed by atoms with Crippen LogP contribution < -0.4 is 4.74 Å². The maximum atomic E-state index is 12.0. The van der Waals surface area contributed by atoms with Crippen molar-refractivity contribution in [1.82, 2.24) is 14.9 Å². The third-order valence-corrected chi connectivity index (χ3v) is 4.45. The quantitative estimate of drug-likeness (QED) is 0.611. The molecule has 5 nitrogen and oxygen atoms in total. The number of nitrogens with zero attached hydrogens (tertiary/aromatic N) is 2. The van der Waals surface area contributed by atoms with E-state index in [0.717, 1.165) is 32.9 Å². The molecule has 1 N–H and O–H groups in total. The molecule has 0 bridgehead atoms. The molecule has 0 saturated carbocycles. The van der Waals surface area contributed by atoms with Crippen molar-refractivity contribution in [2.75, 3.05) is 20.7 Å². The Morgan fingerprint density at radius 2 is 1.96 bits per heavy atom. The first-order valence-corrected chi connectivity index (χ1v) is 8.42. The van der Waals surface area contributed by atoms with Crippen molar-refractivity contribution in [1.29, 1.82) is 0 Å². The van der Waals surface area contributed by atoms with Gasteiger partial charge in [0, 0.05) is 19.7 Å². The number of carbonyl (C=O) groups is 1. The lowest BCUT2D eigenvalue weighted by molar-refractivity contribution is -0.130. The maximum Gasteiger partial charge on any atom is 0.259 e. The second-order valence-electron chi connectivity index (χ2n) is 6.37. The second-order valence-corrected chi connectivity index (χ2v) is 6.37. The van der Waals surface area contributed by atoms with E-state index in [1.54, 1.807) is 20.4 Å². The number of rotatable bonds is 4. The van der Waals surface area contributed by atoms with Crippen molar-refractivity contribution in [3.8, 4) is 16.9 Å². The number of nitrogens with one attached hydrogen (secondary N) is 1. The number of hydrogen-bond donors (Lipinski definition) is 1. The van der Waals surface area contributed by atoms with Crippen molar-refractivity contribution in [3.05, 3.63) is 60.9 Å².